The molecule has 3 N–H and O–H groups in total. The first-order chi connectivity index (χ1) is 14.1. The molecule has 2 aromatic heterocycles. The minimum Gasteiger partial charge on any atom is -0.491 e. The number of nitrogens with two attached hydrogens (primary N) is 1. The maximum atomic E-state index is 6.11. The number of hydrogen-bond donors (Lipinski definition) is 2. The first kappa shape index (κ1) is 17.5. The van der Waals surface area contributed by atoms with Gasteiger partial charge in [0.05, 0.1) is 23.9 Å². The lowest BCUT2D eigenvalue weighted by atomic mass is 9.98. The predicted molar refractivity (Wildman–Crippen MR) is 114 cm³/mol. The highest BCUT2D eigenvalue weighted by Gasteiger charge is 2.20. The highest BCUT2D eigenvalue weighted by molar-refractivity contribution is 5.82. The Morgan fingerprint density at radius 3 is 2.83 bits per heavy atom. The third kappa shape index (κ3) is 3.24. The number of imidazole rings is 1. The third-order valence-corrected chi connectivity index (χ3v) is 5.26. The van der Waals surface area contributed by atoms with Gasteiger partial charge in [-0.05, 0) is 54.8 Å². The SMILES string of the molecule is Cc1cc(N2CCOc3c(C)cc(-c4ccc5nc[nH]c5c4)cc3C2)nc(N)n1. The number of nitrogens with one attached hydrogen (secondary N) is 1. The molecule has 0 saturated heterocycles. The molecule has 2 aromatic carbocycles. The van der Waals surface area contributed by atoms with E-state index >= 15 is 0 Å². The molecule has 0 aliphatic carbocycles. The smallest absolute Gasteiger partial charge is 0.222 e. The van der Waals surface area contributed by atoms with E-state index in [1.807, 2.05) is 19.1 Å². The van der Waals surface area contributed by atoms with E-state index in [-0.39, 0.29) is 0 Å². The second-order valence-electron chi connectivity index (χ2n) is 7.41. The summed E-state index contributed by atoms with van der Waals surface area (Å²) in [5.74, 6) is 2.08. The number of aryl methyl sites for hydroxylation is 2. The van der Waals surface area contributed by atoms with E-state index in [9.17, 15) is 0 Å². The summed E-state index contributed by atoms with van der Waals surface area (Å²) in [5, 5.41) is 0. The van der Waals surface area contributed by atoms with Gasteiger partial charge in [0.1, 0.15) is 18.2 Å². The van der Waals surface area contributed by atoms with E-state index in [1.54, 1.807) is 6.33 Å². The van der Waals surface area contributed by atoms with Crippen molar-refractivity contribution in [3.05, 3.63) is 59.5 Å². The second kappa shape index (κ2) is 6.77. The van der Waals surface area contributed by atoms with Crippen LogP contribution in [0.25, 0.3) is 22.2 Å². The van der Waals surface area contributed by atoms with Gasteiger partial charge >= 0.3 is 0 Å². The van der Waals surface area contributed by atoms with Gasteiger partial charge in [-0.25, -0.2) is 9.97 Å². The fourth-order valence-electron chi connectivity index (χ4n) is 3.93. The lowest BCUT2D eigenvalue weighted by molar-refractivity contribution is 0.329. The molecule has 7 nitrogen and oxygen atoms in total. The third-order valence-electron chi connectivity index (χ3n) is 5.26. The monoisotopic (exact) mass is 386 g/mol. The summed E-state index contributed by atoms with van der Waals surface area (Å²) >= 11 is 0. The van der Waals surface area contributed by atoms with Crippen LogP contribution in [0, 0.1) is 13.8 Å². The number of benzene rings is 2. The Morgan fingerprint density at radius 1 is 1.07 bits per heavy atom. The molecule has 1 aliphatic heterocycles. The standard InChI is InChI=1S/C22H22N6O/c1-13-7-16(15-3-4-18-19(10-15)25-12-24-18)9-17-11-28(5-6-29-21(13)17)20-8-14(2)26-22(23)27-20/h3-4,7-10,12H,5-6,11H2,1-2H3,(H,24,25)(H2,23,26,27). The van der Waals surface area contributed by atoms with Crippen molar-refractivity contribution < 1.29 is 4.74 Å². The van der Waals surface area contributed by atoms with Crippen LogP contribution in [-0.4, -0.2) is 33.1 Å². The van der Waals surface area contributed by atoms with Crippen molar-refractivity contribution in [3.63, 3.8) is 0 Å². The normalized spacial score (nSPS) is 13.8. The van der Waals surface area contributed by atoms with E-state index < -0.39 is 0 Å². The summed E-state index contributed by atoms with van der Waals surface area (Å²) in [6, 6.07) is 12.6. The fourth-order valence-corrected chi connectivity index (χ4v) is 3.93. The average molecular weight is 386 g/mol. The van der Waals surface area contributed by atoms with Crippen molar-refractivity contribution in [2.24, 2.45) is 0 Å². The molecule has 0 atom stereocenters. The van der Waals surface area contributed by atoms with Crippen molar-refractivity contribution in [1.29, 1.82) is 0 Å². The number of H-pyrrole nitrogens is 1. The van der Waals surface area contributed by atoms with Crippen LogP contribution in [0.2, 0.25) is 0 Å². The van der Waals surface area contributed by atoms with Gasteiger partial charge in [-0.15, -0.1) is 0 Å². The Labute approximate surface area is 168 Å². The van der Waals surface area contributed by atoms with Crippen LogP contribution >= 0.6 is 0 Å². The lowest BCUT2D eigenvalue weighted by Gasteiger charge is -2.21. The fraction of sp³-hybridized carbons (Fsp3) is 0.227. The molecule has 3 heterocycles. The van der Waals surface area contributed by atoms with Crippen LogP contribution < -0.4 is 15.4 Å². The molecule has 1 aliphatic rings. The summed E-state index contributed by atoms with van der Waals surface area (Å²) in [4.78, 5) is 18.3. The van der Waals surface area contributed by atoms with Crippen molar-refractivity contribution >= 4 is 22.8 Å². The second-order valence-corrected chi connectivity index (χ2v) is 7.41. The molecule has 0 bridgehead atoms. The Kier molecular flexibility index (Phi) is 4.08. The summed E-state index contributed by atoms with van der Waals surface area (Å²) in [6.07, 6.45) is 1.72. The number of anilines is 2. The number of aromatic amines is 1. The summed E-state index contributed by atoms with van der Waals surface area (Å²) in [6.45, 7) is 6.05. The maximum Gasteiger partial charge on any atom is 0.222 e. The van der Waals surface area contributed by atoms with Gasteiger partial charge in [-0.2, -0.15) is 4.98 Å². The van der Waals surface area contributed by atoms with E-state index in [2.05, 4.69) is 56.0 Å². The lowest BCUT2D eigenvalue weighted by Crippen LogP contribution is -2.26. The highest BCUT2D eigenvalue weighted by Crippen LogP contribution is 2.34. The minimum atomic E-state index is 0.295. The summed E-state index contributed by atoms with van der Waals surface area (Å²) in [7, 11) is 0. The Balaban J connectivity index is 1.56. The molecule has 5 rings (SSSR count). The minimum absolute atomic E-state index is 0.295. The zero-order valence-electron chi connectivity index (χ0n) is 16.4. The number of hydrogen-bond acceptors (Lipinski definition) is 6. The van der Waals surface area contributed by atoms with Gasteiger partial charge in [0.2, 0.25) is 5.95 Å². The van der Waals surface area contributed by atoms with Gasteiger partial charge in [-0.1, -0.05) is 6.07 Å². The number of ether oxygens (including phenoxy) is 1. The molecule has 0 spiro atoms. The molecule has 4 aromatic rings. The molecule has 0 unspecified atom stereocenters. The Hall–Kier alpha value is -3.61. The molecule has 0 fully saturated rings. The van der Waals surface area contributed by atoms with Gasteiger partial charge in [0.25, 0.3) is 0 Å². The van der Waals surface area contributed by atoms with Crippen molar-refractivity contribution in [2.75, 3.05) is 23.8 Å². The first-order valence-electron chi connectivity index (χ1n) is 9.63. The molecular formula is C22H22N6O. The quantitative estimate of drug-likeness (QED) is 0.547. The van der Waals surface area contributed by atoms with Gasteiger partial charge in [0, 0.05) is 23.9 Å². The molecule has 0 amide bonds. The number of nitrogens with zero attached hydrogens (tertiary/aromatic N) is 4. The predicted octanol–water partition coefficient (Wildman–Crippen LogP) is 3.62. The van der Waals surface area contributed by atoms with Crippen LogP contribution in [0.15, 0.2) is 42.7 Å². The van der Waals surface area contributed by atoms with Crippen molar-refractivity contribution in [2.45, 2.75) is 20.4 Å². The molecule has 0 saturated carbocycles. The molecule has 29 heavy (non-hydrogen) atoms. The molecular weight excluding hydrogens is 364 g/mol. The van der Waals surface area contributed by atoms with Crippen LogP contribution in [0.5, 0.6) is 5.75 Å². The number of nitrogen functional groups attached to an aromatic ring is 1. The summed E-state index contributed by atoms with van der Waals surface area (Å²) in [5.41, 5.74) is 13.3. The Morgan fingerprint density at radius 2 is 1.97 bits per heavy atom. The average Bonchev–Trinajstić information content (AvgIpc) is 3.04. The first-order valence-corrected chi connectivity index (χ1v) is 9.63. The van der Waals surface area contributed by atoms with E-state index in [1.165, 1.54) is 0 Å². The highest BCUT2D eigenvalue weighted by atomic mass is 16.5. The van der Waals surface area contributed by atoms with Crippen molar-refractivity contribution in [1.82, 2.24) is 19.9 Å². The zero-order chi connectivity index (χ0) is 20.0. The van der Waals surface area contributed by atoms with Gasteiger partial charge in [0.15, 0.2) is 0 Å². The molecule has 7 heteroatoms. The van der Waals surface area contributed by atoms with Crippen LogP contribution in [0.3, 0.4) is 0 Å². The number of rotatable bonds is 2. The van der Waals surface area contributed by atoms with Crippen LogP contribution in [0.4, 0.5) is 11.8 Å². The molecule has 146 valence electrons. The molecule has 0 radical (unpaired) electrons. The number of fused-ring (bicyclic) bond motifs is 2. The van der Waals surface area contributed by atoms with Crippen molar-refractivity contribution in [3.8, 4) is 16.9 Å². The van der Waals surface area contributed by atoms with Crippen LogP contribution in [0.1, 0.15) is 16.8 Å². The topological polar surface area (TPSA) is 93.0 Å². The largest absolute Gasteiger partial charge is 0.491 e. The van der Waals surface area contributed by atoms with Crippen LogP contribution in [-0.2, 0) is 6.54 Å². The van der Waals surface area contributed by atoms with E-state index in [0.717, 1.165) is 57.1 Å². The van der Waals surface area contributed by atoms with E-state index in [0.29, 0.717) is 19.1 Å². The summed E-state index contributed by atoms with van der Waals surface area (Å²) < 4.78 is 6.11. The number of aromatic nitrogens is 4. The maximum absolute atomic E-state index is 6.11. The van der Waals surface area contributed by atoms with E-state index in [4.69, 9.17) is 10.5 Å². The zero-order valence-corrected chi connectivity index (χ0v) is 16.4. The Bertz CT molecular complexity index is 1200. The van der Waals surface area contributed by atoms with Gasteiger partial charge < -0.3 is 20.4 Å². The van der Waals surface area contributed by atoms with Gasteiger partial charge in [-0.3, -0.25) is 0 Å².